The van der Waals surface area contributed by atoms with E-state index in [2.05, 4.69) is 20.6 Å². The SMILES string of the molecule is Cc1ncc(-c2ccc(C(=O)Nc3nc4cc(NCC(=O)c5ccccc5)ccc4n3Cc3cnco3)s2)o1. The average molecular weight is 539 g/mol. The zero-order valence-corrected chi connectivity index (χ0v) is 21.6. The third kappa shape index (κ3) is 5.20. The average Bonchev–Trinajstić information content (AvgIpc) is 3.76. The number of nitrogens with one attached hydrogen (secondary N) is 2. The summed E-state index contributed by atoms with van der Waals surface area (Å²) in [6.45, 7) is 2.23. The third-order valence-electron chi connectivity index (χ3n) is 6.01. The number of oxazole rings is 2. The van der Waals surface area contributed by atoms with Crippen molar-refractivity contribution in [2.24, 2.45) is 0 Å². The maximum absolute atomic E-state index is 13.2. The number of anilines is 2. The third-order valence-corrected chi connectivity index (χ3v) is 7.11. The minimum absolute atomic E-state index is 0.0182. The molecule has 6 rings (SSSR count). The highest BCUT2D eigenvalue weighted by atomic mass is 32.1. The van der Waals surface area contributed by atoms with Crippen LogP contribution in [0.2, 0.25) is 0 Å². The van der Waals surface area contributed by atoms with Crippen LogP contribution in [0.15, 0.2) is 88.3 Å². The highest BCUT2D eigenvalue weighted by Crippen LogP contribution is 2.30. The maximum atomic E-state index is 13.2. The lowest BCUT2D eigenvalue weighted by Gasteiger charge is -2.09. The Labute approximate surface area is 226 Å². The number of amides is 1. The van der Waals surface area contributed by atoms with Gasteiger partial charge in [0.05, 0.1) is 46.3 Å². The molecule has 2 aromatic carbocycles. The Morgan fingerprint density at radius 1 is 1.05 bits per heavy atom. The predicted molar refractivity (Wildman–Crippen MR) is 147 cm³/mol. The summed E-state index contributed by atoms with van der Waals surface area (Å²) in [7, 11) is 0. The monoisotopic (exact) mass is 538 g/mol. The molecular formula is C28H22N6O4S. The molecule has 0 radical (unpaired) electrons. The number of hydrogen-bond acceptors (Lipinski definition) is 9. The Bertz CT molecular complexity index is 1770. The van der Waals surface area contributed by atoms with Crippen molar-refractivity contribution in [3.05, 3.63) is 102 Å². The van der Waals surface area contributed by atoms with E-state index in [0.717, 1.165) is 16.1 Å². The molecule has 0 fully saturated rings. The van der Waals surface area contributed by atoms with Gasteiger partial charge < -0.3 is 18.7 Å². The van der Waals surface area contributed by atoms with Crippen LogP contribution in [-0.4, -0.2) is 37.8 Å². The number of aromatic nitrogens is 4. The number of aryl methyl sites for hydroxylation is 1. The van der Waals surface area contributed by atoms with E-state index in [1.54, 1.807) is 37.5 Å². The van der Waals surface area contributed by atoms with Crippen LogP contribution in [0.5, 0.6) is 0 Å². The number of ketones is 1. The van der Waals surface area contributed by atoms with Crippen molar-refractivity contribution in [3.8, 4) is 10.6 Å². The second-order valence-corrected chi connectivity index (χ2v) is 9.78. The van der Waals surface area contributed by atoms with E-state index >= 15 is 0 Å². The first-order valence-electron chi connectivity index (χ1n) is 12.1. The van der Waals surface area contributed by atoms with Crippen LogP contribution in [0, 0.1) is 6.92 Å². The molecule has 194 valence electrons. The van der Waals surface area contributed by atoms with E-state index in [0.29, 0.717) is 45.9 Å². The molecule has 0 atom stereocenters. The van der Waals surface area contributed by atoms with Gasteiger partial charge in [0, 0.05) is 18.2 Å². The molecule has 10 nitrogen and oxygen atoms in total. The summed E-state index contributed by atoms with van der Waals surface area (Å²) in [6, 6.07) is 18.3. The van der Waals surface area contributed by atoms with Gasteiger partial charge in [-0.3, -0.25) is 14.9 Å². The van der Waals surface area contributed by atoms with E-state index in [-0.39, 0.29) is 18.2 Å². The highest BCUT2D eigenvalue weighted by molar-refractivity contribution is 7.17. The van der Waals surface area contributed by atoms with Crippen molar-refractivity contribution < 1.29 is 18.4 Å². The first kappa shape index (κ1) is 24.3. The Morgan fingerprint density at radius 3 is 2.69 bits per heavy atom. The van der Waals surface area contributed by atoms with E-state index in [4.69, 9.17) is 13.8 Å². The summed E-state index contributed by atoms with van der Waals surface area (Å²) in [5.74, 6) is 1.82. The first-order chi connectivity index (χ1) is 19.0. The van der Waals surface area contributed by atoms with Crippen LogP contribution in [0.1, 0.15) is 31.7 Å². The van der Waals surface area contributed by atoms with Gasteiger partial charge in [-0.05, 0) is 30.3 Å². The Morgan fingerprint density at radius 2 is 1.92 bits per heavy atom. The van der Waals surface area contributed by atoms with Gasteiger partial charge in [0.15, 0.2) is 23.8 Å². The van der Waals surface area contributed by atoms with Gasteiger partial charge in [-0.2, -0.15) is 0 Å². The molecule has 0 aliphatic heterocycles. The number of thiophene rings is 1. The van der Waals surface area contributed by atoms with Crippen LogP contribution in [0.4, 0.5) is 11.6 Å². The lowest BCUT2D eigenvalue weighted by molar-refractivity contribution is 0.100. The molecule has 0 saturated carbocycles. The summed E-state index contributed by atoms with van der Waals surface area (Å²) < 4.78 is 12.9. The van der Waals surface area contributed by atoms with E-state index in [9.17, 15) is 9.59 Å². The number of carbonyl (C=O) groups is 2. The molecule has 0 unspecified atom stereocenters. The number of hydrogen-bond donors (Lipinski definition) is 2. The van der Waals surface area contributed by atoms with Crippen LogP contribution >= 0.6 is 11.3 Å². The molecular weight excluding hydrogens is 516 g/mol. The Hall–Kier alpha value is -5.03. The Kier molecular flexibility index (Phi) is 6.47. The second-order valence-electron chi connectivity index (χ2n) is 8.70. The van der Waals surface area contributed by atoms with E-state index in [1.807, 2.05) is 47.0 Å². The fourth-order valence-corrected chi connectivity index (χ4v) is 4.96. The van der Waals surface area contributed by atoms with Crippen molar-refractivity contribution in [2.45, 2.75) is 13.5 Å². The van der Waals surface area contributed by atoms with Crippen LogP contribution in [-0.2, 0) is 6.54 Å². The van der Waals surface area contributed by atoms with Crippen LogP contribution < -0.4 is 10.6 Å². The standard InChI is InChI=1S/C28H22N6O4S/c1-17-30-14-24(38-17)25-9-10-26(39-25)27(36)33-28-32-21-11-19(31-13-23(35)18-5-3-2-4-6-18)7-8-22(21)34(28)15-20-12-29-16-37-20/h2-12,14,16,31H,13,15H2,1H3,(H,32,33,36). The normalized spacial score (nSPS) is 11.1. The minimum atomic E-state index is -0.302. The quantitative estimate of drug-likeness (QED) is 0.226. The van der Waals surface area contributed by atoms with Crippen molar-refractivity contribution in [1.82, 2.24) is 19.5 Å². The molecule has 0 aliphatic carbocycles. The lowest BCUT2D eigenvalue weighted by atomic mass is 10.1. The van der Waals surface area contributed by atoms with Gasteiger partial charge in [-0.15, -0.1) is 11.3 Å². The summed E-state index contributed by atoms with van der Waals surface area (Å²) >= 11 is 1.30. The van der Waals surface area contributed by atoms with Gasteiger partial charge in [-0.25, -0.2) is 15.0 Å². The van der Waals surface area contributed by atoms with Crippen LogP contribution in [0.3, 0.4) is 0 Å². The minimum Gasteiger partial charge on any atom is -0.447 e. The summed E-state index contributed by atoms with van der Waals surface area (Å²) in [4.78, 5) is 39.8. The molecule has 39 heavy (non-hydrogen) atoms. The summed E-state index contributed by atoms with van der Waals surface area (Å²) in [5, 5.41) is 6.10. The predicted octanol–water partition coefficient (Wildman–Crippen LogP) is 5.64. The lowest BCUT2D eigenvalue weighted by Crippen LogP contribution is -2.15. The summed E-state index contributed by atoms with van der Waals surface area (Å²) in [5.41, 5.74) is 2.80. The fourth-order valence-electron chi connectivity index (χ4n) is 4.11. The molecule has 6 aromatic rings. The Balaban J connectivity index is 1.26. The zero-order chi connectivity index (χ0) is 26.8. The number of imidazole rings is 1. The molecule has 0 aliphatic rings. The van der Waals surface area contributed by atoms with Gasteiger partial charge in [-0.1, -0.05) is 30.3 Å². The zero-order valence-electron chi connectivity index (χ0n) is 20.7. The van der Waals surface area contributed by atoms with Crippen molar-refractivity contribution in [2.75, 3.05) is 17.2 Å². The molecule has 11 heteroatoms. The van der Waals surface area contributed by atoms with Crippen LogP contribution in [0.25, 0.3) is 21.7 Å². The fraction of sp³-hybridized carbons (Fsp3) is 0.107. The smallest absolute Gasteiger partial charge is 0.268 e. The topological polar surface area (TPSA) is 128 Å². The first-order valence-corrected chi connectivity index (χ1v) is 12.9. The molecule has 4 aromatic heterocycles. The van der Waals surface area contributed by atoms with Crippen molar-refractivity contribution in [1.29, 1.82) is 0 Å². The molecule has 0 saturated heterocycles. The van der Waals surface area contributed by atoms with E-state index in [1.165, 1.54) is 17.7 Å². The van der Waals surface area contributed by atoms with Gasteiger partial charge >= 0.3 is 0 Å². The van der Waals surface area contributed by atoms with Gasteiger partial charge in [0.25, 0.3) is 5.91 Å². The highest BCUT2D eigenvalue weighted by Gasteiger charge is 2.19. The largest absolute Gasteiger partial charge is 0.447 e. The second kappa shape index (κ2) is 10.4. The number of carbonyl (C=O) groups excluding carboxylic acids is 2. The number of Topliss-reactive ketones (excluding diaryl/α,β-unsaturated/α-hetero) is 1. The van der Waals surface area contributed by atoms with E-state index < -0.39 is 0 Å². The van der Waals surface area contributed by atoms with Crippen molar-refractivity contribution >= 4 is 45.7 Å². The molecule has 0 spiro atoms. The molecule has 4 heterocycles. The number of rotatable bonds is 9. The number of benzene rings is 2. The molecule has 1 amide bonds. The number of fused-ring (bicyclic) bond motifs is 1. The molecule has 2 N–H and O–H groups in total. The maximum Gasteiger partial charge on any atom is 0.268 e. The number of nitrogens with zero attached hydrogens (tertiary/aromatic N) is 4. The van der Waals surface area contributed by atoms with Gasteiger partial charge in [0.1, 0.15) is 5.76 Å². The summed E-state index contributed by atoms with van der Waals surface area (Å²) in [6.07, 6.45) is 4.61. The van der Waals surface area contributed by atoms with Gasteiger partial charge in [0.2, 0.25) is 5.95 Å². The molecule has 0 bridgehead atoms. The van der Waals surface area contributed by atoms with Crippen molar-refractivity contribution in [3.63, 3.8) is 0 Å².